The van der Waals surface area contributed by atoms with Crippen molar-refractivity contribution in [3.05, 3.63) is 60.8 Å². The van der Waals surface area contributed by atoms with Crippen molar-refractivity contribution < 1.29 is 28.6 Å². The van der Waals surface area contributed by atoms with E-state index in [1.54, 1.807) is 0 Å². The zero-order valence-corrected chi connectivity index (χ0v) is 43.7. The Morgan fingerprint density at radius 3 is 0.894 bits per heavy atom. The molecule has 6 nitrogen and oxygen atoms in total. The topological polar surface area (TPSA) is 78.9 Å². The Morgan fingerprint density at radius 2 is 0.591 bits per heavy atom. The van der Waals surface area contributed by atoms with E-state index < -0.39 is 6.10 Å². The van der Waals surface area contributed by atoms with Crippen molar-refractivity contribution in [3.8, 4) is 0 Å². The van der Waals surface area contributed by atoms with Gasteiger partial charge in [-0.3, -0.25) is 14.4 Å². The third-order valence-corrected chi connectivity index (χ3v) is 12.3. The Morgan fingerprint density at radius 1 is 0.318 bits per heavy atom. The molecule has 0 bridgehead atoms. The number of carbonyl (C=O) groups excluding carboxylic acids is 3. The molecular formula is C60H106O6. The first kappa shape index (κ1) is 63.1. The second-order valence-corrected chi connectivity index (χ2v) is 18.8. The largest absolute Gasteiger partial charge is 0.462 e. The van der Waals surface area contributed by atoms with Crippen molar-refractivity contribution in [2.45, 2.75) is 290 Å². The van der Waals surface area contributed by atoms with E-state index in [9.17, 15) is 14.4 Å². The van der Waals surface area contributed by atoms with Gasteiger partial charge >= 0.3 is 17.9 Å². The predicted octanol–water partition coefficient (Wildman–Crippen LogP) is 18.8. The number of hydrogen-bond acceptors (Lipinski definition) is 6. The maximum absolute atomic E-state index is 12.8. The average Bonchev–Trinajstić information content (AvgIpc) is 3.31. The van der Waals surface area contributed by atoms with Crippen LogP contribution in [0.25, 0.3) is 0 Å². The predicted molar refractivity (Wildman–Crippen MR) is 284 cm³/mol. The molecule has 0 rings (SSSR count). The monoisotopic (exact) mass is 923 g/mol. The van der Waals surface area contributed by atoms with E-state index >= 15 is 0 Å². The second-order valence-electron chi connectivity index (χ2n) is 18.8. The Bertz CT molecular complexity index is 1200. The molecule has 0 N–H and O–H groups in total. The van der Waals surface area contributed by atoms with Gasteiger partial charge in [0.2, 0.25) is 0 Å². The van der Waals surface area contributed by atoms with Gasteiger partial charge < -0.3 is 14.2 Å². The molecule has 0 aliphatic carbocycles. The third-order valence-electron chi connectivity index (χ3n) is 12.3. The highest BCUT2D eigenvalue weighted by Gasteiger charge is 2.19. The van der Waals surface area contributed by atoms with Gasteiger partial charge in [-0.15, -0.1) is 0 Å². The summed E-state index contributed by atoms with van der Waals surface area (Å²) >= 11 is 0. The maximum Gasteiger partial charge on any atom is 0.306 e. The van der Waals surface area contributed by atoms with Crippen molar-refractivity contribution in [1.29, 1.82) is 0 Å². The van der Waals surface area contributed by atoms with Crippen molar-refractivity contribution in [1.82, 2.24) is 0 Å². The Balaban J connectivity index is 4.43. The SMILES string of the molecule is CC/C=C\C/C=C\C/C=C\C/C=C\C/C=C\CCC(=O)OC(COC(=O)CCCCCCCCCCCCCCCC)COC(=O)CCCCCCCCCCCCCCCCCCCC. The zero-order chi connectivity index (χ0) is 47.9. The van der Waals surface area contributed by atoms with Crippen LogP contribution in [0.1, 0.15) is 284 Å². The molecule has 1 unspecified atom stereocenters. The minimum Gasteiger partial charge on any atom is -0.462 e. The first-order chi connectivity index (χ1) is 32.5. The lowest BCUT2D eigenvalue weighted by atomic mass is 10.0. The second kappa shape index (κ2) is 54.7. The van der Waals surface area contributed by atoms with Crippen LogP contribution < -0.4 is 0 Å². The molecule has 0 amide bonds. The van der Waals surface area contributed by atoms with Crippen molar-refractivity contribution in [3.63, 3.8) is 0 Å². The molecule has 0 aromatic carbocycles. The molecule has 6 heteroatoms. The number of unbranched alkanes of at least 4 members (excludes halogenated alkanes) is 30. The van der Waals surface area contributed by atoms with Gasteiger partial charge in [-0.25, -0.2) is 0 Å². The molecule has 0 fully saturated rings. The summed E-state index contributed by atoms with van der Waals surface area (Å²) in [6, 6.07) is 0. The van der Waals surface area contributed by atoms with Gasteiger partial charge in [0.1, 0.15) is 13.2 Å². The molecule has 0 spiro atoms. The number of hydrogen-bond donors (Lipinski definition) is 0. The molecule has 0 heterocycles. The van der Waals surface area contributed by atoms with Crippen LogP contribution in [-0.4, -0.2) is 37.2 Å². The maximum atomic E-state index is 12.8. The summed E-state index contributed by atoms with van der Waals surface area (Å²) in [5.74, 6) is -0.970. The van der Waals surface area contributed by atoms with Crippen LogP contribution in [0.3, 0.4) is 0 Å². The van der Waals surface area contributed by atoms with E-state index in [4.69, 9.17) is 14.2 Å². The molecule has 0 aliphatic rings. The minimum absolute atomic E-state index is 0.0998. The fourth-order valence-corrected chi connectivity index (χ4v) is 8.08. The summed E-state index contributed by atoms with van der Waals surface area (Å²) in [5, 5.41) is 0. The van der Waals surface area contributed by atoms with Crippen molar-refractivity contribution in [2.75, 3.05) is 13.2 Å². The molecule has 1 atom stereocenters. The lowest BCUT2D eigenvalue weighted by Crippen LogP contribution is -2.30. The average molecular weight is 924 g/mol. The molecular weight excluding hydrogens is 817 g/mol. The summed E-state index contributed by atoms with van der Waals surface area (Å²) in [5.41, 5.74) is 0. The van der Waals surface area contributed by atoms with E-state index in [0.29, 0.717) is 19.3 Å². The normalized spacial score (nSPS) is 12.5. The molecule has 0 saturated carbocycles. The first-order valence-electron chi connectivity index (χ1n) is 28.3. The lowest BCUT2D eigenvalue weighted by molar-refractivity contribution is -0.166. The van der Waals surface area contributed by atoms with Gasteiger partial charge in [-0.1, -0.05) is 274 Å². The molecule has 0 saturated heterocycles. The fourth-order valence-electron chi connectivity index (χ4n) is 8.08. The Kier molecular flexibility index (Phi) is 52.3. The zero-order valence-electron chi connectivity index (χ0n) is 43.7. The molecule has 0 aliphatic heterocycles. The number of ether oxygens (including phenoxy) is 3. The number of carbonyl (C=O) groups is 3. The van der Waals surface area contributed by atoms with Crippen LogP contribution >= 0.6 is 0 Å². The van der Waals surface area contributed by atoms with E-state index in [0.717, 1.165) is 70.6 Å². The molecule has 66 heavy (non-hydrogen) atoms. The highest BCUT2D eigenvalue weighted by Crippen LogP contribution is 2.16. The summed E-state index contributed by atoms with van der Waals surface area (Å²) in [6.45, 7) is 6.50. The van der Waals surface area contributed by atoms with Crippen LogP contribution in [0, 0.1) is 0 Å². The number of allylic oxidation sites excluding steroid dienone is 10. The summed E-state index contributed by atoms with van der Waals surface area (Å²) < 4.78 is 16.8. The van der Waals surface area contributed by atoms with Gasteiger partial charge in [-0.2, -0.15) is 0 Å². The van der Waals surface area contributed by atoms with E-state index in [-0.39, 0.29) is 37.5 Å². The Hall–Kier alpha value is -2.89. The third kappa shape index (κ3) is 52.1. The van der Waals surface area contributed by atoms with Crippen LogP contribution in [0.15, 0.2) is 60.8 Å². The van der Waals surface area contributed by atoms with Gasteiger partial charge in [0.15, 0.2) is 6.10 Å². The number of esters is 3. The van der Waals surface area contributed by atoms with Gasteiger partial charge in [-0.05, 0) is 51.4 Å². The summed E-state index contributed by atoms with van der Waals surface area (Å²) in [6.07, 6.45) is 68.0. The summed E-state index contributed by atoms with van der Waals surface area (Å²) in [4.78, 5) is 38.1. The Labute approximate surface area is 409 Å². The van der Waals surface area contributed by atoms with Gasteiger partial charge in [0.25, 0.3) is 0 Å². The smallest absolute Gasteiger partial charge is 0.306 e. The number of rotatable bonds is 51. The van der Waals surface area contributed by atoms with E-state index in [1.807, 2.05) is 6.08 Å². The van der Waals surface area contributed by atoms with Crippen LogP contribution in [0.2, 0.25) is 0 Å². The molecule has 0 aromatic rings. The highest BCUT2D eigenvalue weighted by molar-refractivity contribution is 5.71. The van der Waals surface area contributed by atoms with E-state index in [2.05, 4.69) is 75.5 Å². The van der Waals surface area contributed by atoms with Crippen molar-refractivity contribution in [2.24, 2.45) is 0 Å². The minimum atomic E-state index is -0.810. The quantitative estimate of drug-likeness (QED) is 0.0262. The highest BCUT2D eigenvalue weighted by atomic mass is 16.6. The van der Waals surface area contributed by atoms with Crippen LogP contribution in [0.5, 0.6) is 0 Å². The van der Waals surface area contributed by atoms with Gasteiger partial charge in [0.05, 0.1) is 0 Å². The lowest BCUT2D eigenvalue weighted by Gasteiger charge is -2.18. The van der Waals surface area contributed by atoms with Gasteiger partial charge in [0, 0.05) is 19.3 Å². The van der Waals surface area contributed by atoms with Crippen LogP contribution in [0.4, 0.5) is 0 Å². The molecule has 0 aromatic heterocycles. The first-order valence-corrected chi connectivity index (χ1v) is 28.3. The summed E-state index contributed by atoms with van der Waals surface area (Å²) in [7, 11) is 0. The standard InChI is InChI=1S/C60H106O6/c1-4-7-10-13-16-19-22-25-28-30-31-33-35-38-41-44-47-50-53-59(62)65-56-57(55-64-58(61)52-49-46-43-40-37-34-27-24-21-18-15-12-9-6-3)66-60(63)54-51-48-45-42-39-36-32-29-26-23-20-17-14-11-8-5-2/h8,11,17,20,26,29,36,39,45,48,57H,4-7,9-10,12-16,18-19,21-25,27-28,30-35,37-38,40-44,46-47,49-56H2,1-3H3/b11-8-,20-17-,29-26-,39-36-,48-45-. The molecule has 382 valence electrons. The molecule has 0 radical (unpaired) electrons. The van der Waals surface area contributed by atoms with E-state index in [1.165, 1.54) is 167 Å². The van der Waals surface area contributed by atoms with Crippen LogP contribution in [-0.2, 0) is 28.6 Å². The van der Waals surface area contributed by atoms with Crippen molar-refractivity contribution >= 4 is 17.9 Å². The fraction of sp³-hybridized carbons (Fsp3) is 0.783.